The lowest BCUT2D eigenvalue weighted by Crippen LogP contribution is -2.23. The summed E-state index contributed by atoms with van der Waals surface area (Å²) in [5.41, 5.74) is 3.74. The molecule has 0 bridgehead atoms. The molecule has 2 aromatic carbocycles. The van der Waals surface area contributed by atoms with Crippen molar-refractivity contribution in [3.63, 3.8) is 0 Å². The van der Waals surface area contributed by atoms with E-state index in [1.54, 1.807) is 0 Å². The number of aliphatic hydroxyl groups is 1. The maximum atomic E-state index is 11.9. The van der Waals surface area contributed by atoms with Crippen LogP contribution in [-0.2, 0) is 17.6 Å². The van der Waals surface area contributed by atoms with Crippen LogP contribution in [0.2, 0.25) is 0 Å². The minimum absolute atomic E-state index is 0.00645. The van der Waals surface area contributed by atoms with Crippen LogP contribution in [0.15, 0.2) is 70.6 Å². The molecule has 168 valence electrons. The Bertz CT molecular complexity index is 1050. The van der Waals surface area contributed by atoms with Crippen LogP contribution in [0.3, 0.4) is 0 Å². The van der Waals surface area contributed by atoms with Crippen LogP contribution < -0.4 is 5.32 Å². The molecule has 2 unspecified atom stereocenters. The van der Waals surface area contributed by atoms with Gasteiger partial charge in [-0.05, 0) is 49.4 Å². The molecule has 2 atom stereocenters. The number of carbonyl (C=O) groups is 1. The predicted molar refractivity (Wildman–Crippen MR) is 147 cm³/mol. The van der Waals surface area contributed by atoms with Crippen LogP contribution in [0.1, 0.15) is 35.1 Å². The molecule has 0 saturated carbocycles. The molecule has 1 amide bonds. The standard InChI is InChI=1S/C24H24N2O3S.I2/c1-15-20(26-24(29-15)19-6-4-3-5-7-19)12-13-21(27)18-10-8-17(9-11-18)14-22-23(28)25-16(2)30-22;1-2/h3-11,21-22,27H,2,12-14H2,1H3,(H,25,28);. The third-order valence-electron chi connectivity index (χ3n) is 5.19. The van der Waals surface area contributed by atoms with Gasteiger partial charge in [0.15, 0.2) is 0 Å². The lowest BCUT2D eigenvalue weighted by molar-refractivity contribution is -0.119. The summed E-state index contributed by atoms with van der Waals surface area (Å²) in [5, 5.41) is 13.9. The number of rotatable bonds is 7. The van der Waals surface area contributed by atoms with E-state index in [1.807, 2.05) is 61.5 Å². The highest BCUT2D eigenvalue weighted by molar-refractivity contribution is 15.0. The fourth-order valence-electron chi connectivity index (χ4n) is 3.50. The Morgan fingerprint density at radius 3 is 2.50 bits per heavy atom. The lowest BCUT2D eigenvalue weighted by Gasteiger charge is -2.12. The molecule has 32 heavy (non-hydrogen) atoms. The number of oxazole rings is 1. The molecule has 1 aliphatic heterocycles. The number of nitrogens with one attached hydrogen (secondary N) is 1. The van der Waals surface area contributed by atoms with Crippen molar-refractivity contribution >= 4 is 54.9 Å². The van der Waals surface area contributed by atoms with E-state index < -0.39 is 6.10 Å². The van der Waals surface area contributed by atoms with Gasteiger partial charge in [-0.1, -0.05) is 60.8 Å². The average molecular weight is 674 g/mol. The summed E-state index contributed by atoms with van der Waals surface area (Å²) < 4.78 is 5.80. The number of nitrogens with zero attached hydrogens (tertiary/aromatic N) is 1. The number of aliphatic hydroxyl groups excluding tert-OH is 1. The number of hydrogen-bond donors (Lipinski definition) is 2. The summed E-state index contributed by atoms with van der Waals surface area (Å²) in [7, 11) is 0. The molecule has 4 rings (SSSR count). The molecule has 2 N–H and O–H groups in total. The van der Waals surface area contributed by atoms with Crippen LogP contribution in [0.5, 0.6) is 0 Å². The van der Waals surface area contributed by atoms with Crippen LogP contribution in [0.4, 0.5) is 0 Å². The molecule has 3 aromatic rings. The highest BCUT2D eigenvalue weighted by Crippen LogP contribution is 2.29. The van der Waals surface area contributed by atoms with Crippen LogP contribution in [0, 0.1) is 6.92 Å². The third kappa shape index (κ3) is 6.58. The zero-order valence-corrected chi connectivity index (χ0v) is 22.7. The van der Waals surface area contributed by atoms with Gasteiger partial charge in [0.05, 0.1) is 22.1 Å². The van der Waals surface area contributed by atoms with Gasteiger partial charge in [-0.15, -0.1) is 0 Å². The Labute approximate surface area is 215 Å². The maximum absolute atomic E-state index is 11.9. The van der Waals surface area contributed by atoms with E-state index in [-0.39, 0.29) is 11.2 Å². The summed E-state index contributed by atoms with van der Waals surface area (Å²) >= 11 is 5.71. The second-order valence-electron chi connectivity index (χ2n) is 7.41. The highest BCUT2D eigenvalue weighted by Gasteiger charge is 2.27. The SMILES string of the molecule is C=C1NC(=O)C(Cc2ccc(C(O)CCc3nc(-c4ccccc4)oc3C)cc2)S1.II. The number of aryl methyl sites for hydroxylation is 2. The van der Waals surface area contributed by atoms with Gasteiger partial charge in [-0.2, -0.15) is 0 Å². The number of hydrogen-bond acceptors (Lipinski definition) is 5. The topological polar surface area (TPSA) is 75.4 Å². The van der Waals surface area contributed by atoms with Gasteiger partial charge in [-0.25, -0.2) is 4.98 Å². The van der Waals surface area contributed by atoms with Crippen molar-refractivity contribution < 1.29 is 14.3 Å². The quantitative estimate of drug-likeness (QED) is 0.287. The monoisotopic (exact) mass is 674 g/mol. The molecule has 8 heteroatoms. The van der Waals surface area contributed by atoms with E-state index in [4.69, 9.17) is 4.42 Å². The van der Waals surface area contributed by atoms with Gasteiger partial charge in [0.1, 0.15) is 5.76 Å². The van der Waals surface area contributed by atoms with Crippen molar-refractivity contribution in [2.45, 2.75) is 37.5 Å². The van der Waals surface area contributed by atoms with E-state index in [0.717, 1.165) is 28.1 Å². The van der Waals surface area contributed by atoms with Crippen LogP contribution in [-0.4, -0.2) is 21.2 Å². The van der Waals surface area contributed by atoms with Crippen molar-refractivity contribution in [1.82, 2.24) is 10.3 Å². The largest absolute Gasteiger partial charge is 0.441 e. The summed E-state index contributed by atoms with van der Waals surface area (Å²) in [4.78, 5) is 16.5. The van der Waals surface area contributed by atoms with Gasteiger partial charge in [0.25, 0.3) is 0 Å². The Balaban J connectivity index is 0.00000141. The second-order valence-corrected chi connectivity index (χ2v) is 8.70. The summed E-state index contributed by atoms with van der Waals surface area (Å²) in [5.74, 6) is 1.40. The zero-order chi connectivity index (χ0) is 23.1. The third-order valence-corrected chi connectivity index (χ3v) is 6.24. The fourth-order valence-corrected chi connectivity index (χ4v) is 4.45. The Hall–Kier alpha value is -1.37. The van der Waals surface area contributed by atoms with E-state index in [2.05, 4.69) is 54.1 Å². The van der Waals surface area contributed by atoms with Crippen molar-refractivity contribution in [3.05, 3.63) is 88.8 Å². The molecule has 2 heterocycles. The number of carbonyl (C=O) groups excluding carboxylic acids is 1. The molecule has 0 aliphatic carbocycles. The van der Waals surface area contributed by atoms with Gasteiger partial charge >= 0.3 is 0 Å². The second kappa shape index (κ2) is 12.2. The smallest absolute Gasteiger partial charge is 0.238 e. The normalized spacial score (nSPS) is 16.3. The molecule has 0 spiro atoms. The van der Waals surface area contributed by atoms with Gasteiger partial charge in [0.2, 0.25) is 11.8 Å². The van der Waals surface area contributed by atoms with Gasteiger partial charge < -0.3 is 14.8 Å². The fraction of sp³-hybridized carbons (Fsp3) is 0.250. The van der Waals surface area contributed by atoms with E-state index in [1.165, 1.54) is 11.8 Å². The number of thioether (sulfide) groups is 1. The van der Waals surface area contributed by atoms with Crippen molar-refractivity contribution in [1.29, 1.82) is 0 Å². The molecular formula is C24H24I2N2O3S. The van der Waals surface area contributed by atoms with Crippen molar-refractivity contribution in [3.8, 4) is 11.5 Å². The van der Waals surface area contributed by atoms with Gasteiger partial charge in [0, 0.05) is 42.8 Å². The minimum atomic E-state index is -0.584. The zero-order valence-electron chi connectivity index (χ0n) is 17.6. The number of amides is 1. The minimum Gasteiger partial charge on any atom is -0.441 e. The maximum Gasteiger partial charge on any atom is 0.238 e. The highest BCUT2D eigenvalue weighted by atomic mass is 128. The number of benzene rings is 2. The van der Waals surface area contributed by atoms with Crippen molar-refractivity contribution in [2.75, 3.05) is 0 Å². The number of aromatic nitrogens is 1. The molecule has 1 saturated heterocycles. The predicted octanol–water partition coefficient (Wildman–Crippen LogP) is 6.33. The van der Waals surface area contributed by atoms with Crippen LogP contribution in [0.25, 0.3) is 11.5 Å². The first-order valence-corrected chi connectivity index (χ1v) is 17.3. The van der Waals surface area contributed by atoms with Crippen LogP contribution >= 0.6 is 49.0 Å². The number of halogens is 2. The first-order valence-electron chi connectivity index (χ1n) is 10.1. The average Bonchev–Trinajstić information content (AvgIpc) is 3.35. The molecule has 0 radical (unpaired) electrons. The first-order chi connectivity index (χ1) is 15.5. The summed E-state index contributed by atoms with van der Waals surface area (Å²) in [6, 6.07) is 17.6. The Kier molecular flexibility index (Phi) is 9.62. The summed E-state index contributed by atoms with van der Waals surface area (Å²) in [6.45, 7) is 5.69. The van der Waals surface area contributed by atoms with E-state index in [0.29, 0.717) is 30.2 Å². The molecular weight excluding hydrogens is 650 g/mol. The Morgan fingerprint density at radius 2 is 1.88 bits per heavy atom. The molecule has 1 fully saturated rings. The lowest BCUT2D eigenvalue weighted by atomic mass is 10.0. The van der Waals surface area contributed by atoms with E-state index in [9.17, 15) is 9.90 Å². The first kappa shape index (κ1) is 25.3. The van der Waals surface area contributed by atoms with E-state index >= 15 is 0 Å². The van der Waals surface area contributed by atoms with Gasteiger partial charge in [-0.3, -0.25) is 4.79 Å². The summed E-state index contributed by atoms with van der Waals surface area (Å²) in [6.07, 6.45) is 1.25. The Morgan fingerprint density at radius 1 is 1.19 bits per heavy atom. The van der Waals surface area contributed by atoms with Crippen molar-refractivity contribution in [2.24, 2.45) is 0 Å². The molecule has 1 aromatic heterocycles. The molecule has 5 nitrogen and oxygen atoms in total. The molecule has 1 aliphatic rings.